The van der Waals surface area contributed by atoms with Gasteiger partial charge in [-0.25, -0.2) is 38.5 Å². The summed E-state index contributed by atoms with van der Waals surface area (Å²) in [5, 5.41) is 7.67. The van der Waals surface area contributed by atoms with Crippen molar-refractivity contribution in [2.75, 3.05) is 111 Å². The number of ether oxygens (including phenoxy) is 3. The van der Waals surface area contributed by atoms with Crippen molar-refractivity contribution in [2.45, 2.75) is 46.0 Å². The van der Waals surface area contributed by atoms with E-state index in [9.17, 15) is 38.5 Å². The van der Waals surface area contributed by atoms with Gasteiger partial charge in [0.15, 0.2) is 31.2 Å². The Morgan fingerprint density at radius 2 is 1.12 bits per heavy atom. The summed E-state index contributed by atoms with van der Waals surface area (Å²) in [6, 6.07) is 17.4. The molecule has 8 rings (SSSR count). The molecule has 4 aliphatic rings. The number of sulfonamides is 1. The number of piperazine rings is 2. The summed E-state index contributed by atoms with van der Waals surface area (Å²) in [5.74, 6) is 1.31. The van der Waals surface area contributed by atoms with Crippen LogP contribution < -0.4 is 34.2 Å². The molecule has 2 saturated heterocycles. The lowest BCUT2D eigenvalue weighted by atomic mass is 10.2. The van der Waals surface area contributed by atoms with E-state index in [1.54, 1.807) is 17.0 Å². The third kappa shape index (κ3) is 13.5. The number of sulfone groups is 2. The van der Waals surface area contributed by atoms with Crippen LogP contribution in [0.3, 0.4) is 0 Å². The fraction of sp³-hybridized carbons (Fsp3) is 0.419. The van der Waals surface area contributed by atoms with E-state index in [-0.39, 0.29) is 38.8 Å². The Morgan fingerprint density at radius 1 is 0.618 bits per heavy atom. The molecule has 2 N–H and O–H groups in total. The Balaban J connectivity index is 0.000000179. The zero-order valence-electron chi connectivity index (χ0n) is 37.9. The maximum atomic E-state index is 13.4. The first-order valence-electron chi connectivity index (χ1n) is 21.1. The van der Waals surface area contributed by atoms with Crippen molar-refractivity contribution in [3.8, 4) is 11.5 Å². The molecule has 372 valence electrons. The summed E-state index contributed by atoms with van der Waals surface area (Å²) in [7, 11) is -9.80. The van der Waals surface area contributed by atoms with Gasteiger partial charge in [-0.3, -0.25) is 4.31 Å². The summed E-state index contributed by atoms with van der Waals surface area (Å²) < 4.78 is 113. The average molecular weight is 1080 g/mol. The van der Waals surface area contributed by atoms with Crippen LogP contribution in [0, 0.1) is 0 Å². The molecular formula is C43H53Cl3N6O12S4. The molecule has 0 atom stereocenters. The molecule has 0 radical (unpaired) electrons. The standard InChI is InChI=1S/C19H22ClN3O5S2.C17H24ClN3O3.C7H7ClO4S2/c1-29(24,25)15-3-2-4-16(13-15)30(26,27)23-9-10-28-19-17(11-14(20)12-18(19)23)22-7-5-21-6-8-22;1-17(2,3)24-16(22)21-7-5-20(6-8-21)14-11-12(18)10-13-15(14)23-9-4-19-13;1-13(9,10)6-3-2-4-7(5-6)14(8,11)12/h2-4,11-13,21H,5-10H2,1H3;10-11,19H,4-9H2,1-3H3;2-5H,1H3. The second-order valence-electron chi connectivity index (χ2n) is 16.9. The zero-order chi connectivity index (χ0) is 49.8. The number of nitrogens with zero attached hydrogens (tertiary/aromatic N) is 4. The zero-order valence-corrected chi connectivity index (χ0v) is 43.4. The molecule has 0 bridgehead atoms. The summed E-state index contributed by atoms with van der Waals surface area (Å²) in [5.41, 5.74) is 2.54. The van der Waals surface area contributed by atoms with Crippen molar-refractivity contribution in [3.05, 3.63) is 82.8 Å². The van der Waals surface area contributed by atoms with Crippen LogP contribution in [0.25, 0.3) is 0 Å². The fourth-order valence-electron chi connectivity index (χ4n) is 7.38. The molecule has 25 heteroatoms. The van der Waals surface area contributed by atoms with E-state index < -0.39 is 44.3 Å². The molecule has 18 nitrogen and oxygen atoms in total. The van der Waals surface area contributed by atoms with Crippen LogP contribution in [0.1, 0.15) is 20.8 Å². The normalized spacial score (nSPS) is 16.5. The Hall–Kier alpha value is -4.42. The van der Waals surface area contributed by atoms with Crippen LogP contribution in [-0.2, 0) is 43.5 Å². The second-order valence-corrected chi connectivity index (χ2v) is 26.2. The minimum atomic E-state index is -4.02. The molecule has 2 fully saturated rings. The minimum Gasteiger partial charge on any atom is -0.487 e. The number of halogens is 3. The molecule has 4 aromatic rings. The van der Waals surface area contributed by atoms with Crippen molar-refractivity contribution in [2.24, 2.45) is 0 Å². The lowest BCUT2D eigenvalue weighted by molar-refractivity contribution is 0.0240. The molecule has 68 heavy (non-hydrogen) atoms. The maximum Gasteiger partial charge on any atom is 0.410 e. The molecular weight excluding hydrogens is 1030 g/mol. The topological polar surface area (TPSA) is 218 Å². The average Bonchev–Trinajstić information content (AvgIpc) is 3.27. The van der Waals surface area contributed by atoms with E-state index >= 15 is 0 Å². The van der Waals surface area contributed by atoms with Crippen LogP contribution in [0.4, 0.5) is 27.5 Å². The SMILES string of the molecule is CC(C)(C)OC(=O)N1CCN(c2cc(Cl)cc3c2OCCN3)CC1.CS(=O)(=O)c1cccc(S(=O)(=O)Cl)c1.CS(=O)(=O)c1cccc(S(=O)(=O)N2CCOc3c(N4CCNCC4)cc(Cl)cc32)c1. The molecule has 4 heterocycles. The highest BCUT2D eigenvalue weighted by Crippen LogP contribution is 2.45. The Labute approximate surface area is 412 Å². The van der Waals surface area contributed by atoms with Crippen LogP contribution in [-0.4, -0.2) is 141 Å². The molecule has 0 aromatic heterocycles. The highest BCUT2D eigenvalue weighted by molar-refractivity contribution is 8.13. The van der Waals surface area contributed by atoms with Crippen LogP contribution in [0.5, 0.6) is 11.5 Å². The summed E-state index contributed by atoms with van der Waals surface area (Å²) >= 11 is 12.6. The number of amides is 1. The summed E-state index contributed by atoms with van der Waals surface area (Å²) in [6.45, 7) is 13.1. The van der Waals surface area contributed by atoms with Crippen molar-refractivity contribution in [1.82, 2.24) is 10.2 Å². The minimum absolute atomic E-state index is 0.0512. The Kier molecular flexibility index (Phi) is 16.6. The first-order valence-corrected chi connectivity index (χ1v) is 29.4. The molecule has 1 amide bonds. The highest BCUT2D eigenvalue weighted by Gasteiger charge is 2.34. The van der Waals surface area contributed by atoms with Crippen molar-refractivity contribution in [1.29, 1.82) is 0 Å². The van der Waals surface area contributed by atoms with Crippen molar-refractivity contribution < 1.29 is 52.7 Å². The van der Waals surface area contributed by atoms with E-state index in [1.807, 2.05) is 32.9 Å². The summed E-state index contributed by atoms with van der Waals surface area (Å²) in [6.07, 6.45) is 1.78. The smallest absolute Gasteiger partial charge is 0.410 e. The van der Waals surface area contributed by atoms with Crippen molar-refractivity contribution in [3.63, 3.8) is 0 Å². The second kappa shape index (κ2) is 21.3. The largest absolute Gasteiger partial charge is 0.487 e. The van der Waals surface area contributed by atoms with Gasteiger partial charge in [-0.1, -0.05) is 35.3 Å². The number of rotatable bonds is 7. The van der Waals surface area contributed by atoms with Crippen LogP contribution >= 0.6 is 33.9 Å². The van der Waals surface area contributed by atoms with Crippen molar-refractivity contribution >= 4 is 101 Å². The maximum absolute atomic E-state index is 13.4. The Bertz CT molecular complexity index is 2920. The van der Waals surface area contributed by atoms with Gasteiger partial charge in [-0.2, -0.15) is 0 Å². The summed E-state index contributed by atoms with van der Waals surface area (Å²) in [4.78, 5) is 17.8. The monoisotopic (exact) mass is 1080 g/mol. The molecule has 0 aliphatic carbocycles. The number of benzene rings is 4. The first kappa shape index (κ1) is 52.9. The number of anilines is 4. The van der Waals surface area contributed by atoms with E-state index in [2.05, 4.69) is 20.4 Å². The number of hydrogen-bond donors (Lipinski definition) is 2. The molecule has 4 aromatic carbocycles. The van der Waals surface area contributed by atoms with Gasteiger partial charge in [0, 0.05) is 92.1 Å². The van der Waals surface area contributed by atoms with E-state index in [4.69, 9.17) is 48.1 Å². The predicted octanol–water partition coefficient (Wildman–Crippen LogP) is 5.96. The lowest BCUT2D eigenvalue weighted by Gasteiger charge is -2.38. The van der Waals surface area contributed by atoms with E-state index in [0.29, 0.717) is 41.2 Å². The number of carbonyl (C=O) groups excluding carboxylic acids is 1. The van der Waals surface area contributed by atoms with Gasteiger partial charge in [-0.05, 0) is 81.4 Å². The lowest BCUT2D eigenvalue weighted by Crippen LogP contribution is -2.50. The van der Waals surface area contributed by atoms with Gasteiger partial charge in [-0.15, -0.1) is 0 Å². The van der Waals surface area contributed by atoms with Crippen LogP contribution in [0.2, 0.25) is 10.0 Å². The first-order chi connectivity index (χ1) is 31.7. The molecule has 0 saturated carbocycles. The number of hydrogen-bond acceptors (Lipinski definition) is 16. The van der Waals surface area contributed by atoms with E-state index in [1.165, 1.54) is 46.8 Å². The van der Waals surface area contributed by atoms with Gasteiger partial charge >= 0.3 is 6.09 Å². The fourth-order valence-corrected chi connectivity index (χ4v) is 11.6. The van der Waals surface area contributed by atoms with Gasteiger partial charge in [0.05, 0.1) is 48.9 Å². The molecule has 0 unspecified atom stereocenters. The van der Waals surface area contributed by atoms with Crippen LogP contribution in [0.15, 0.2) is 92.4 Å². The number of nitrogens with one attached hydrogen (secondary N) is 2. The number of carbonyl (C=O) groups is 1. The van der Waals surface area contributed by atoms with Gasteiger partial charge in [0.2, 0.25) is 0 Å². The Morgan fingerprint density at radius 3 is 1.69 bits per heavy atom. The quantitative estimate of drug-likeness (QED) is 0.204. The highest BCUT2D eigenvalue weighted by atomic mass is 35.7. The van der Waals surface area contributed by atoms with E-state index in [0.717, 1.165) is 87.2 Å². The molecule has 4 aliphatic heterocycles. The third-order valence-corrected chi connectivity index (χ3v) is 16.4. The van der Waals surface area contributed by atoms with Gasteiger partial charge in [0.1, 0.15) is 18.8 Å². The molecule has 0 spiro atoms. The van der Waals surface area contributed by atoms with Gasteiger partial charge in [0.25, 0.3) is 19.1 Å². The van der Waals surface area contributed by atoms with Gasteiger partial charge < -0.3 is 39.5 Å². The predicted molar refractivity (Wildman–Crippen MR) is 264 cm³/mol. The third-order valence-electron chi connectivity index (χ3n) is 10.6. The number of fused-ring (bicyclic) bond motifs is 2.